The van der Waals surface area contributed by atoms with E-state index in [9.17, 15) is 13.2 Å². The van der Waals surface area contributed by atoms with Gasteiger partial charge in [-0.2, -0.15) is 0 Å². The average molecular weight is 268 g/mol. The fraction of sp³-hybridized carbons (Fsp3) is 0.417. The van der Waals surface area contributed by atoms with Gasteiger partial charge >= 0.3 is 0 Å². The number of hydrogen-bond donors (Lipinski definition) is 1. The van der Waals surface area contributed by atoms with Gasteiger partial charge in [-0.05, 0) is 19.2 Å². The van der Waals surface area contributed by atoms with E-state index < -0.39 is 15.2 Å². The number of carbonyl (C=O) groups is 1. The second-order valence-corrected chi connectivity index (χ2v) is 6.57. The Kier molecular flexibility index (Phi) is 3.79. The highest BCUT2D eigenvalue weighted by molar-refractivity contribution is 7.92. The molecule has 5 nitrogen and oxygen atoms in total. The third kappa shape index (κ3) is 2.60. The lowest BCUT2D eigenvalue weighted by Crippen LogP contribution is -2.52. The van der Waals surface area contributed by atoms with Crippen molar-refractivity contribution < 1.29 is 13.2 Å². The quantitative estimate of drug-likeness (QED) is 0.790. The molecule has 1 fully saturated rings. The highest BCUT2D eigenvalue weighted by Crippen LogP contribution is 2.17. The summed E-state index contributed by atoms with van der Waals surface area (Å²) < 4.78 is 24.7. The van der Waals surface area contributed by atoms with Gasteiger partial charge < -0.3 is 4.90 Å². The number of nitrogens with one attached hydrogen (secondary N) is 1. The summed E-state index contributed by atoms with van der Waals surface area (Å²) in [5.74, 6) is 0. The number of piperazine rings is 1. The molecule has 1 N–H and O–H groups in total. The molecule has 1 aliphatic heterocycles. The Hall–Kier alpha value is -1.24. The van der Waals surface area contributed by atoms with Gasteiger partial charge in [0.25, 0.3) is 0 Å². The summed E-state index contributed by atoms with van der Waals surface area (Å²) in [5.41, 5.74) is 0.475. The van der Waals surface area contributed by atoms with Gasteiger partial charge in [0.1, 0.15) is 11.7 Å². The highest BCUT2D eigenvalue weighted by atomic mass is 32.2. The maximum absolute atomic E-state index is 12.4. The van der Waals surface area contributed by atoms with Crippen LogP contribution in [0.25, 0.3) is 0 Å². The maximum Gasteiger partial charge on any atom is 0.195 e. The first kappa shape index (κ1) is 13.2. The number of hydrogen-bond acceptors (Lipinski definition) is 5. The minimum atomic E-state index is -3.39. The molecule has 0 amide bonds. The molecule has 6 heteroatoms. The summed E-state index contributed by atoms with van der Waals surface area (Å²) in [7, 11) is -1.49. The molecule has 1 atom stereocenters. The van der Waals surface area contributed by atoms with E-state index in [1.54, 1.807) is 0 Å². The van der Waals surface area contributed by atoms with Crippen LogP contribution in [0.15, 0.2) is 29.2 Å². The zero-order valence-electron chi connectivity index (χ0n) is 10.2. The Morgan fingerprint density at radius 2 is 2.00 bits per heavy atom. The molecule has 1 heterocycles. The molecule has 1 aromatic carbocycles. The summed E-state index contributed by atoms with van der Waals surface area (Å²) in [6, 6.07) is 6.00. The van der Waals surface area contributed by atoms with Crippen LogP contribution in [0.3, 0.4) is 0 Å². The van der Waals surface area contributed by atoms with Crippen molar-refractivity contribution in [2.45, 2.75) is 10.3 Å². The van der Waals surface area contributed by atoms with Crippen molar-refractivity contribution in [3.8, 4) is 0 Å². The van der Waals surface area contributed by atoms with Gasteiger partial charge in [-0.1, -0.05) is 12.1 Å². The van der Waals surface area contributed by atoms with E-state index in [0.717, 1.165) is 6.54 Å². The number of carbonyl (C=O) groups excluding carboxylic acids is 1. The van der Waals surface area contributed by atoms with Crippen molar-refractivity contribution in [2.75, 3.05) is 26.7 Å². The molecule has 1 unspecified atom stereocenters. The largest absolute Gasteiger partial charge is 0.302 e. The van der Waals surface area contributed by atoms with Crippen LogP contribution in [0.5, 0.6) is 0 Å². The van der Waals surface area contributed by atoms with E-state index in [1.165, 1.54) is 24.3 Å². The number of nitrogens with zero attached hydrogens (tertiary/aromatic N) is 1. The lowest BCUT2D eigenvalue weighted by atomic mass is 10.2. The standard InChI is InChI=1S/C12H16N2O3S/c1-14-7-6-13-12(8-14)18(16,17)11-4-2-10(9-15)3-5-11/h2-5,9,12-13H,6-8H2,1H3. The van der Waals surface area contributed by atoms with Crippen LogP contribution in [-0.4, -0.2) is 51.7 Å². The van der Waals surface area contributed by atoms with Crippen molar-refractivity contribution in [1.82, 2.24) is 10.2 Å². The molecule has 0 aromatic heterocycles. The molecule has 0 radical (unpaired) electrons. The van der Waals surface area contributed by atoms with Gasteiger partial charge in [-0.25, -0.2) is 8.42 Å². The molecule has 1 saturated heterocycles. The molecular formula is C12H16N2O3S. The second kappa shape index (κ2) is 5.17. The van der Waals surface area contributed by atoms with Gasteiger partial charge in [0.05, 0.1) is 4.90 Å². The summed E-state index contributed by atoms with van der Waals surface area (Å²) in [6.45, 7) is 1.97. The Morgan fingerprint density at radius 1 is 1.33 bits per heavy atom. The first-order valence-corrected chi connectivity index (χ1v) is 7.30. The van der Waals surface area contributed by atoms with Crippen LogP contribution in [0.4, 0.5) is 0 Å². The minimum Gasteiger partial charge on any atom is -0.302 e. The highest BCUT2D eigenvalue weighted by Gasteiger charge is 2.30. The van der Waals surface area contributed by atoms with Gasteiger partial charge in [-0.3, -0.25) is 10.1 Å². The lowest BCUT2D eigenvalue weighted by Gasteiger charge is -2.30. The molecule has 0 spiro atoms. The number of sulfone groups is 1. The van der Waals surface area contributed by atoms with Crippen LogP contribution in [0.1, 0.15) is 10.4 Å². The Morgan fingerprint density at radius 3 is 2.56 bits per heavy atom. The monoisotopic (exact) mass is 268 g/mol. The molecule has 0 saturated carbocycles. The van der Waals surface area contributed by atoms with Crippen LogP contribution in [0, 0.1) is 0 Å². The number of likely N-dealkylation sites (N-methyl/N-ethyl adjacent to an activating group) is 1. The Bertz CT molecular complexity index is 525. The summed E-state index contributed by atoms with van der Waals surface area (Å²) in [4.78, 5) is 12.8. The number of benzene rings is 1. The molecule has 0 aliphatic carbocycles. The maximum atomic E-state index is 12.4. The zero-order valence-corrected chi connectivity index (χ0v) is 11.0. The third-order valence-electron chi connectivity index (χ3n) is 3.06. The van der Waals surface area contributed by atoms with Gasteiger partial charge in [-0.15, -0.1) is 0 Å². The van der Waals surface area contributed by atoms with E-state index in [2.05, 4.69) is 5.32 Å². The fourth-order valence-corrected chi connectivity index (χ4v) is 3.60. The SMILES string of the molecule is CN1CCNC(S(=O)(=O)c2ccc(C=O)cc2)C1. The van der Waals surface area contributed by atoms with Crippen molar-refractivity contribution in [1.29, 1.82) is 0 Å². The third-order valence-corrected chi connectivity index (χ3v) is 5.06. The predicted octanol–water partition coefficient (Wildman–Crippen LogP) is 0.134. The van der Waals surface area contributed by atoms with E-state index in [4.69, 9.17) is 0 Å². The van der Waals surface area contributed by atoms with E-state index in [0.29, 0.717) is 24.9 Å². The van der Waals surface area contributed by atoms with Gasteiger partial charge in [0.15, 0.2) is 9.84 Å². The zero-order chi connectivity index (χ0) is 13.2. The van der Waals surface area contributed by atoms with Crippen molar-refractivity contribution in [3.63, 3.8) is 0 Å². The number of aldehydes is 1. The summed E-state index contributed by atoms with van der Waals surface area (Å²) in [6.07, 6.45) is 0.697. The fourth-order valence-electron chi connectivity index (χ4n) is 1.96. The second-order valence-electron chi connectivity index (χ2n) is 4.44. The first-order chi connectivity index (χ1) is 8.54. The van der Waals surface area contributed by atoms with Crippen LogP contribution in [-0.2, 0) is 9.84 Å². The Labute approximate surface area is 107 Å². The van der Waals surface area contributed by atoms with Crippen LogP contribution >= 0.6 is 0 Å². The van der Waals surface area contributed by atoms with Crippen molar-refractivity contribution >= 4 is 16.1 Å². The molecule has 18 heavy (non-hydrogen) atoms. The van der Waals surface area contributed by atoms with E-state index in [-0.39, 0.29) is 4.90 Å². The first-order valence-electron chi connectivity index (χ1n) is 5.75. The average Bonchev–Trinajstić information content (AvgIpc) is 2.39. The number of rotatable bonds is 3. The molecule has 2 rings (SSSR count). The van der Waals surface area contributed by atoms with E-state index in [1.807, 2.05) is 11.9 Å². The van der Waals surface area contributed by atoms with Crippen molar-refractivity contribution in [2.24, 2.45) is 0 Å². The molecule has 1 aromatic rings. The van der Waals surface area contributed by atoms with Gasteiger partial charge in [0.2, 0.25) is 0 Å². The lowest BCUT2D eigenvalue weighted by molar-refractivity contribution is 0.112. The normalized spacial score (nSPS) is 21.7. The topological polar surface area (TPSA) is 66.5 Å². The molecule has 0 bridgehead atoms. The van der Waals surface area contributed by atoms with Crippen LogP contribution in [0.2, 0.25) is 0 Å². The van der Waals surface area contributed by atoms with Crippen molar-refractivity contribution in [3.05, 3.63) is 29.8 Å². The summed E-state index contributed by atoms with van der Waals surface area (Å²) >= 11 is 0. The predicted molar refractivity (Wildman–Crippen MR) is 68.3 cm³/mol. The molecule has 1 aliphatic rings. The smallest absolute Gasteiger partial charge is 0.195 e. The van der Waals surface area contributed by atoms with E-state index >= 15 is 0 Å². The molecular weight excluding hydrogens is 252 g/mol. The summed E-state index contributed by atoms with van der Waals surface area (Å²) in [5, 5.41) is 2.43. The molecule has 98 valence electrons. The minimum absolute atomic E-state index is 0.251. The Balaban J connectivity index is 2.26. The van der Waals surface area contributed by atoms with Gasteiger partial charge in [0, 0.05) is 25.2 Å². The van der Waals surface area contributed by atoms with Crippen LogP contribution < -0.4 is 5.32 Å².